The molecule has 0 aliphatic carbocycles. The molecule has 4 rings (SSSR count). The number of ketones is 1. The lowest BCUT2D eigenvalue weighted by atomic mass is 9.85. The predicted octanol–water partition coefficient (Wildman–Crippen LogP) is 5.24. The van der Waals surface area contributed by atoms with Gasteiger partial charge >= 0.3 is 0 Å². The van der Waals surface area contributed by atoms with Crippen molar-refractivity contribution in [1.29, 1.82) is 0 Å². The van der Waals surface area contributed by atoms with Crippen LogP contribution in [0.15, 0.2) is 66.4 Å². The Morgan fingerprint density at radius 2 is 1.63 bits per heavy atom. The minimum absolute atomic E-state index is 0.0355. The predicted molar refractivity (Wildman–Crippen MR) is 150 cm³/mol. The number of likely N-dealkylation sites (N-methyl/N-ethyl adjacent to an activating group) is 1. The van der Waals surface area contributed by atoms with Gasteiger partial charge in [0.15, 0.2) is 0 Å². The molecule has 2 heterocycles. The molecule has 1 aliphatic heterocycles. The van der Waals surface area contributed by atoms with E-state index in [-0.39, 0.29) is 16.7 Å². The number of amides is 1. The van der Waals surface area contributed by atoms with Gasteiger partial charge in [-0.15, -0.1) is 0 Å². The Morgan fingerprint density at radius 1 is 1.00 bits per heavy atom. The van der Waals surface area contributed by atoms with Crippen molar-refractivity contribution in [2.75, 3.05) is 26.2 Å². The van der Waals surface area contributed by atoms with Crippen molar-refractivity contribution in [2.45, 2.75) is 53.0 Å². The number of benzene rings is 2. The largest absolute Gasteiger partial charge is 0.507 e. The van der Waals surface area contributed by atoms with Crippen LogP contribution in [0.2, 0.25) is 0 Å². The van der Waals surface area contributed by atoms with Gasteiger partial charge in [0, 0.05) is 13.1 Å². The van der Waals surface area contributed by atoms with Crippen molar-refractivity contribution in [2.24, 2.45) is 0 Å². The summed E-state index contributed by atoms with van der Waals surface area (Å²) in [6.07, 6.45) is 1.56. The van der Waals surface area contributed by atoms with Gasteiger partial charge in [0.25, 0.3) is 11.7 Å². The highest BCUT2D eigenvalue weighted by molar-refractivity contribution is 6.46. The molecule has 1 unspecified atom stereocenters. The van der Waals surface area contributed by atoms with Crippen LogP contribution in [0.25, 0.3) is 11.4 Å². The van der Waals surface area contributed by atoms with E-state index in [0.717, 1.165) is 29.9 Å². The van der Waals surface area contributed by atoms with Crippen LogP contribution >= 0.6 is 0 Å². The van der Waals surface area contributed by atoms with Crippen molar-refractivity contribution < 1.29 is 14.7 Å². The van der Waals surface area contributed by atoms with E-state index in [4.69, 9.17) is 0 Å². The standard InChI is InChI=1S/C31H38N4O3/c1-7-33(8-2)18-19-34-27(22-14-16-23(17-15-22)31(4,5)6)26(29(37)30(34)38)28(36)25-20-32-35(21(25)3)24-12-10-9-11-13-24/h9-17,20,27,36H,7-8,18-19H2,1-6H3. The summed E-state index contributed by atoms with van der Waals surface area (Å²) < 4.78 is 1.72. The van der Waals surface area contributed by atoms with Crippen LogP contribution in [0, 0.1) is 6.92 Å². The van der Waals surface area contributed by atoms with Gasteiger partial charge in [-0.2, -0.15) is 5.10 Å². The number of nitrogens with zero attached hydrogens (tertiary/aromatic N) is 4. The Kier molecular flexibility index (Phi) is 7.88. The molecule has 1 fully saturated rings. The second kappa shape index (κ2) is 11.0. The zero-order valence-electron chi connectivity index (χ0n) is 23.2. The van der Waals surface area contributed by atoms with Crippen molar-refractivity contribution in [1.82, 2.24) is 19.6 Å². The van der Waals surface area contributed by atoms with E-state index in [0.29, 0.717) is 24.3 Å². The molecule has 0 radical (unpaired) electrons. The van der Waals surface area contributed by atoms with Gasteiger partial charge in [0.05, 0.1) is 34.8 Å². The van der Waals surface area contributed by atoms with Crippen LogP contribution in [0.4, 0.5) is 0 Å². The van der Waals surface area contributed by atoms with Gasteiger partial charge in [0.1, 0.15) is 5.76 Å². The summed E-state index contributed by atoms with van der Waals surface area (Å²) in [4.78, 5) is 30.6. The minimum Gasteiger partial charge on any atom is -0.507 e. The van der Waals surface area contributed by atoms with Gasteiger partial charge in [-0.25, -0.2) is 4.68 Å². The van der Waals surface area contributed by atoms with Gasteiger partial charge in [-0.3, -0.25) is 9.59 Å². The van der Waals surface area contributed by atoms with Crippen molar-refractivity contribution in [3.63, 3.8) is 0 Å². The van der Waals surface area contributed by atoms with E-state index in [1.165, 1.54) is 0 Å². The average Bonchev–Trinajstić information content (AvgIpc) is 3.41. The average molecular weight is 515 g/mol. The number of hydrogen-bond acceptors (Lipinski definition) is 5. The first-order chi connectivity index (χ1) is 18.1. The van der Waals surface area contributed by atoms with E-state index in [1.807, 2.05) is 61.5 Å². The number of Topliss-reactive ketones (excluding diaryl/α,β-unsaturated/α-hetero) is 1. The molecule has 1 N–H and O–H groups in total. The summed E-state index contributed by atoms with van der Waals surface area (Å²) in [5.41, 5.74) is 3.99. The lowest BCUT2D eigenvalue weighted by molar-refractivity contribution is -0.140. The summed E-state index contributed by atoms with van der Waals surface area (Å²) in [5, 5.41) is 16.0. The summed E-state index contributed by atoms with van der Waals surface area (Å²) in [5.74, 6) is -1.45. The fourth-order valence-electron chi connectivity index (χ4n) is 5.03. The number of carbonyl (C=O) groups excluding carboxylic acids is 2. The lowest BCUT2D eigenvalue weighted by Crippen LogP contribution is -2.38. The number of aromatic nitrogens is 2. The second-order valence-corrected chi connectivity index (χ2v) is 10.8. The molecular formula is C31H38N4O3. The number of likely N-dealkylation sites (tertiary alicyclic amines) is 1. The SMILES string of the molecule is CCN(CC)CCN1C(=O)C(=O)C(=C(O)c2cnn(-c3ccccc3)c2C)C1c1ccc(C(C)(C)C)cc1. The molecule has 38 heavy (non-hydrogen) atoms. The van der Waals surface area contributed by atoms with Crippen molar-refractivity contribution in [3.05, 3.63) is 88.8 Å². The monoisotopic (exact) mass is 514 g/mol. The fraction of sp³-hybridized carbons (Fsp3) is 0.387. The highest BCUT2D eigenvalue weighted by Crippen LogP contribution is 2.40. The number of aliphatic hydroxyl groups is 1. The molecule has 7 heteroatoms. The highest BCUT2D eigenvalue weighted by Gasteiger charge is 2.46. The number of aliphatic hydroxyl groups excluding tert-OH is 1. The van der Waals surface area contributed by atoms with Gasteiger partial charge in [-0.1, -0.05) is 77.1 Å². The summed E-state index contributed by atoms with van der Waals surface area (Å²) >= 11 is 0. The normalized spacial score (nSPS) is 17.6. The Labute approximate surface area is 225 Å². The zero-order valence-corrected chi connectivity index (χ0v) is 23.2. The van der Waals surface area contributed by atoms with Crippen molar-refractivity contribution >= 4 is 17.4 Å². The first-order valence-corrected chi connectivity index (χ1v) is 13.3. The first-order valence-electron chi connectivity index (χ1n) is 13.3. The maximum Gasteiger partial charge on any atom is 0.295 e. The van der Waals surface area contributed by atoms with Crippen LogP contribution in [-0.4, -0.2) is 62.6 Å². The zero-order chi connectivity index (χ0) is 27.6. The molecule has 0 bridgehead atoms. The Hall–Kier alpha value is -3.71. The van der Waals surface area contributed by atoms with Crippen LogP contribution in [0.5, 0.6) is 0 Å². The Bertz CT molecular complexity index is 1330. The molecule has 0 spiro atoms. The number of para-hydroxylation sites is 1. The van der Waals surface area contributed by atoms with Crippen LogP contribution < -0.4 is 0 Å². The topological polar surface area (TPSA) is 78.7 Å². The molecule has 1 atom stereocenters. The molecule has 1 saturated heterocycles. The third-order valence-electron chi connectivity index (χ3n) is 7.45. The lowest BCUT2D eigenvalue weighted by Gasteiger charge is -2.28. The van der Waals surface area contributed by atoms with Gasteiger partial charge in [0.2, 0.25) is 0 Å². The molecule has 200 valence electrons. The molecule has 2 aromatic carbocycles. The number of rotatable bonds is 8. The molecule has 7 nitrogen and oxygen atoms in total. The Balaban J connectivity index is 1.82. The third kappa shape index (κ3) is 5.16. The first kappa shape index (κ1) is 27.3. The minimum atomic E-state index is -0.681. The van der Waals surface area contributed by atoms with Gasteiger partial charge in [-0.05, 0) is 48.7 Å². The quantitative estimate of drug-likeness (QED) is 0.253. The molecule has 3 aromatic rings. The summed E-state index contributed by atoms with van der Waals surface area (Å²) in [7, 11) is 0. The summed E-state index contributed by atoms with van der Waals surface area (Å²) in [6, 6.07) is 16.9. The maximum absolute atomic E-state index is 13.5. The van der Waals surface area contributed by atoms with E-state index in [2.05, 4.69) is 44.6 Å². The van der Waals surface area contributed by atoms with Crippen LogP contribution in [-0.2, 0) is 15.0 Å². The van der Waals surface area contributed by atoms with E-state index in [1.54, 1.807) is 15.8 Å². The highest BCUT2D eigenvalue weighted by atomic mass is 16.3. The van der Waals surface area contributed by atoms with Crippen LogP contribution in [0.3, 0.4) is 0 Å². The Morgan fingerprint density at radius 3 is 2.21 bits per heavy atom. The van der Waals surface area contributed by atoms with E-state index < -0.39 is 17.7 Å². The fourth-order valence-corrected chi connectivity index (χ4v) is 5.03. The maximum atomic E-state index is 13.5. The van der Waals surface area contributed by atoms with E-state index >= 15 is 0 Å². The number of carbonyl (C=O) groups is 2. The molecule has 1 aliphatic rings. The van der Waals surface area contributed by atoms with Crippen molar-refractivity contribution in [3.8, 4) is 5.69 Å². The molecule has 1 amide bonds. The van der Waals surface area contributed by atoms with E-state index in [9.17, 15) is 14.7 Å². The molecule has 0 saturated carbocycles. The van der Waals surface area contributed by atoms with Gasteiger partial charge < -0.3 is 14.9 Å². The third-order valence-corrected chi connectivity index (χ3v) is 7.45. The second-order valence-electron chi connectivity index (χ2n) is 10.8. The van der Waals surface area contributed by atoms with Crippen LogP contribution in [0.1, 0.15) is 63.0 Å². The smallest absolute Gasteiger partial charge is 0.295 e. The summed E-state index contributed by atoms with van der Waals surface area (Å²) in [6.45, 7) is 15.2. The number of hydrogen-bond donors (Lipinski definition) is 1. The molecule has 1 aromatic heterocycles. The molecular weight excluding hydrogens is 476 g/mol.